The van der Waals surface area contributed by atoms with Crippen molar-refractivity contribution >= 4 is 18.0 Å². The number of ether oxygens (including phenoxy) is 2. The summed E-state index contributed by atoms with van der Waals surface area (Å²) in [6.07, 6.45) is 4.25. The molecular formula is C20H22N4O2S. The van der Waals surface area contributed by atoms with Gasteiger partial charge in [-0.3, -0.25) is 0 Å². The monoisotopic (exact) mass is 382 g/mol. The zero-order valence-electron chi connectivity index (χ0n) is 15.4. The first kappa shape index (κ1) is 19.0. The number of para-hydroxylation sites is 1. The van der Waals surface area contributed by atoms with E-state index in [0.29, 0.717) is 18.1 Å². The van der Waals surface area contributed by atoms with Crippen LogP contribution in [0.3, 0.4) is 0 Å². The Balaban J connectivity index is 1.76. The van der Waals surface area contributed by atoms with E-state index in [-0.39, 0.29) is 0 Å². The highest BCUT2D eigenvalue weighted by Crippen LogP contribution is 2.30. The van der Waals surface area contributed by atoms with Crippen molar-refractivity contribution in [2.75, 3.05) is 13.7 Å². The van der Waals surface area contributed by atoms with E-state index in [0.717, 1.165) is 22.9 Å². The molecule has 0 aliphatic rings. The summed E-state index contributed by atoms with van der Waals surface area (Å²) in [7, 11) is 1.63. The number of hydrogen-bond acceptors (Lipinski definition) is 6. The van der Waals surface area contributed by atoms with Crippen LogP contribution in [0.25, 0.3) is 0 Å². The number of thioether (sulfide) groups is 1. The van der Waals surface area contributed by atoms with Crippen molar-refractivity contribution in [2.45, 2.75) is 24.3 Å². The lowest BCUT2D eigenvalue weighted by Gasteiger charge is -2.12. The summed E-state index contributed by atoms with van der Waals surface area (Å²) in [5.41, 5.74) is 2.07. The average molecular weight is 382 g/mol. The molecule has 140 valence electrons. The van der Waals surface area contributed by atoms with Crippen molar-refractivity contribution in [3.05, 3.63) is 66.0 Å². The van der Waals surface area contributed by atoms with E-state index < -0.39 is 0 Å². The first-order valence-corrected chi connectivity index (χ1v) is 9.71. The molecule has 1 heterocycles. The van der Waals surface area contributed by atoms with E-state index in [9.17, 15) is 0 Å². The Labute approximate surface area is 163 Å². The van der Waals surface area contributed by atoms with Crippen LogP contribution in [0.4, 0.5) is 0 Å². The number of benzene rings is 2. The average Bonchev–Trinajstić information content (AvgIpc) is 3.17. The van der Waals surface area contributed by atoms with E-state index in [1.54, 1.807) is 36.1 Å². The van der Waals surface area contributed by atoms with E-state index in [2.05, 4.69) is 34.4 Å². The number of aromatic nitrogens is 3. The Bertz CT molecular complexity index is 881. The maximum absolute atomic E-state index is 5.85. The van der Waals surface area contributed by atoms with Gasteiger partial charge < -0.3 is 9.47 Å². The van der Waals surface area contributed by atoms with Crippen molar-refractivity contribution in [1.29, 1.82) is 0 Å². The van der Waals surface area contributed by atoms with Crippen LogP contribution in [0.2, 0.25) is 0 Å². The number of rotatable bonds is 9. The molecule has 7 heteroatoms. The molecular weight excluding hydrogens is 360 g/mol. The SMILES string of the molecule is CCCOc1c(/C=N/n2cnnc2SCc2ccccc2)cccc1OC. The summed E-state index contributed by atoms with van der Waals surface area (Å²) in [4.78, 5) is 0. The third-order valence-electron chi connectivity index (χ3n) is 3.71. The molecule has 6 nitrogen and oxygen atoms in total. The topological polar surface area (TPSA) is 61.5 Å². The second kappa shape index (κ2) is 9.78. The van der Waals surface area contributed by atoms with Crippen molar-refractivity contribution in [1.82, 2.24) is 14.9 Å². The molecule has 0 aliphatic carbocycles. The Morgan fingerprint density at radius 2 is 2.00 bits per heavy atom. The third-order valence-corrected chi connectivity index (χ3v) is 4.72. The highest BCUT2D eigenvalue weighted by atomic mass is 32.2. The summed E-state index contributed by atoms with van der Waals surface area (Å²) in [5, 5.41) is 13.4. The van der Waals surface area contributed by atoms with Gasteiger partial charge in [-0.25, -0.2) is 0 Å². The zero-order chi connectivity index (χ0) is 18.9. The number of nitrogens with zero attached hydrogens (tertiary/aromatic N) is 4. The number of hydrogen-bond donors (Lipinski definition) is 0. The summed E-state index contributed by atoms with van der Waals surface area (Å²) >= 11 is 1.59. The predicted molar refractivity (Wildman–Crippen MR) is 108 cm³/mol. The van der Waals surface area contributed by atoms with Crippen LogP contribution < -0.4 is 9.47 Å². The minimum Gasteiger partial charge on any atom is -0.493 e. The van der Waals surface area contributed by atoms with Gasteiger partial charge in [0.2, 0.25) is 5.16 Å². The zero-order valence-corrected chi connectivity index (χ0v) is 16.2. The van der Waals surface area contributed by atoms with Crippen LogP contribution in [-0.2, 0) is 5.75 Å². The molecule has 0 spiro atoms. The summed E-state index contributed by atoms with van der Waals surface area (Å²) < 4.78 is 12.9. The molecule has 1 aromatic heterocycles. The Morgan fingerprint density at radius 3 is 2.78 bits per heavy atom. The smallest absolute Gasteiger partial charge is 0.212 e. The van der Waals surface area contributed by atoms with Gasteiger partial charge in [0.05, 0.1) is 19.9 Å². The summed E-state index contributed by atoms with van der Waals surface area (Å²) in [6.45, 7) is 2.68. The molecule has 0 amide bonds. The van der Waals surface area contributed by atoms with Gasteiger partial charge in [0.15, 0.2) is 11.5 Å². The minimum atomic E-state index is 0.617. The third kappa shape index (κ3) is 5.10. The van der Waals surface area contributed by atoms with Crippen molar-refractivity contribution in [3.63, 3.8) is 0 Å². The molecule has 0 bridgehead atoms. The van der Waals surface area contributed by atoms with Gasteiger partial charge in [-0.2, -0.15) is 9.78 Å². The summed E-state index contributed by atoms with van der Waals surface area (Å²) in [6, 6.07) is 16.0. The normalized spacial score (nSPS) is 11.0. The quantitative estimate of drug-likeness (QED) is 0.409. The molecule has 0 fully saturated rings. The second-order valence-corrected chi connectivity index (χ2v) is 6.65. The Morgan fingerprint density at radius 1 is 1.15 bits per heavy atom. The largest absolute Gasteiger partial charge is 0.493 e. The van der Waals surface area contributed by atoms with Gasteiger partial charge in [0.1, 0.15) is 6.33 Å². The standard InChI is InChI=1S/C20H22N4O2S/c1-3-12-26-19-17(10-7-11-18(19)25-2)13-22-24-15-21-23-20(24)27-14-16-8-5-4-6-9-16/h4-11,13,15H,3,12,14H2,1-2H3/b22-13+. The molecule has 0 atom stereocenters. The van der Waals surface area contributed by atoms with Crippen LogP contribution in [0.5, 0.6) is 11.5 Å². The predicted octanol–water partition coefficient (Wildman–Crippen LogP) is 4.25. The fourth-order valence-electron chi connectivity index (χ4n) is 2.39. The van der Waals surface area contributed by atoms with Crippen LogP contribution >= 0.6 is 11.8 Å². The van der Waals surface area contributed by atoms with Crippen molar-refractivity contribution in [2.24, 2.45) is 5.10 Å². The van der Waals surface area contributed by atoms with E-state index in [1.165, 1.54) is 5.56 Å². The maximum Gasteiger partial charge on any atom is 0.212 e. The van der Waals surface area contributed by atoms with Gasteiger partial charge in [0.25, 0.3) is 0 Å². The van der Waals surface area contributed by atoms with Crippen molar-refractivity contribution < 1.29 is 9.47 Å². The minimum absolute atomic E-state index is 0.617. The van der Waals surface area contributed by atoms with Gasteiger partial charge in [0, 0.05) is 11.3 Å². The molecule has 0 saturated heterocycles. The van der Waals surface area contributed by atoms with E-state index in [1.807, 2.05) is 36.4 Å². The molecule has 2 aromatic carbocycles. The van der Waals surface area contributed by atoms with Gasteiger partial charge >= 0.3 is 0 Å². The molecule has 0 unspecified atom stereocenters. The number of methoxy groups -OCH3 is 1. The maximum atomic E-state index is 5.85. The molecule has 3 aromatic rings. The molecule has 3 rings (SSSR count). The van der Waals surface area contributed by atoms with Gasteiger partial charge in [-0.05, 0) is 24.1 Å². The van der Waals surface area contributed by atoms with Crippen LogP contribution in [0.15, 0.2) is 65.1 Å². The molecule has 0 saturated carbocycles. The first-order chi connectivity index (χ1) is 13.3. The van der Waals surface area contributed by atoms with E-state index in [4.69, 9.17) is 9.47 Å². The van der Waals surface area contributed by atoms with Crippen LogP contribution in [0, 0.1) is 0 Å². The Kier molecular flexibility index (Phi) is 6.87. The highest BCUT2D eigenvalue weighted by molar-refractivity contribution is 7.98. The lowest BCUT2D eigenvalue weighted by molar-refractivity contribution is 0.294. The van der Waals surface area contributed by atoms with Crippen LogP contribution in [-0.4, -0.2) is 34.8 Å². The molecule has 0 aliphatic heterocycles. The first-order valence-electron chi connectivity index (χ1n) is 8.72. The molecule has 0 N–H and O–H groups in total. The van der Waals surface area contributed by atoms with Gasteiger partial charge in [-0.15, -0.1) is 10.2 Å². The lowest BCUT2D eigenvalue weighted by atomic mass is 10.2. The highest BCUT2D eigenvalue weighted by Gasteiger charge is 2.10. The van der Waals surface area contributed by atoms with Crippen LogP contribution in [0.1, 0.15) is 24.5 Å². The molecule has 0 radical (unpaired) electrons. The lowest BCUT2D eigenvalue weighted by Crippen LogP contribution is -2.02. The van der Waals surface area contributed by atoms with Gasteiger partial charge in [-0.1, -0.05) is 55.1 Å². The van der Waals surface area contributed by atoms with E-state index >= 15 is 0 Å². The summed E-state index contributed by atoms with van der Waals surface area (Å²) in [5.74, 6) is 2.19. The fraction of sp³-hybridized carbons (Fsp3) is 0.250. The van der Waals surface area contributed by atoms with Crippen molar-refractivity contribution in [3.8, 4) is 11.5 Å². The molecule has 27 heavy (non-hydrogen) atoms. The second-order valence-electron chi connectivity index (χ2n) is 5.70. The fourth-order valence-corrected chi connectivity index (χ4v) is 3.21. The Hall–Kier alpha value is -2.80.